The molecule has 4 nitrogen and oxygen atoms in total. The lowest BCUT2D eigenvalue weighted by molar-refractivity contribution is -0.137. The Morgan fingerprint density at radius 3 is 2.68 bits per heavy atom. The summed E-state index contributed by atoms with van der Waals surface area (Å²) in [6.07, 6.45) is -2.88. The average molecular weight is 316 g/mol. The zero-order chi connectivity index (χ0) is 16.4. The Morgan fingerprint density at radius 1 is 1.45 bits per heavy atom. The van der Waals surface area contributed by atoms with Gasteiger partial charge in [0, 0.05) is 19.1 Å². The Morgan fingerprint density at radius 2 is 2.14 bits per heavy atom. The maximum absolute atomic E-state index is 12.8. The van der Waals surface area contributed by atoms with Crippen LogP contribution in [0.4, 0.5) is 13.2 Å². The lowest BCUT2D eigenvalue weighted by Crippen LogP contribution is -2.45. The number of amides is 1. The fourth-order valence-corrected chi connectivity index (χ4v) is 2.39. The highest BCUT2D eigenvalue weighted by Crippen LogP contribution is 2.48. The van der Waals surface area contributed by atoms with Crippen molar-refractivity contribution < 1.29 is 22.7 Å². The molecule has 0 aliphatic heterocycles. The molecule has 0 saturated heterocycles. The smallest absolute Gasteiger partial charge is 0.383 e. The van der Waals surface area contributed by atoms with E-state index in [2.05, 4.69) is 5.32 Å². The second-order valence-corrected chi connectivity index (χ2v) is 5.64. The maximum Gasteiger partial charge on any atom is 0.416 e. The number of rotatable bonds is 6. The number of ether oxygens (including phenoxy) is 1. The molecule has 1 amide bonds. The normalized spacial score (nSPS) is 17.9. The van der Waals surface area contributed by atoms with Gasteiger partial charge in [0.05, 0.1) is 12.2 Å². The molecule has 1 atom stereocenters. The van der Waals surface area contributed by atoms with Crippen LogP contribution in [-0.4, -0.2) is 32.2 Å². The molecule has 0 bridgehead atoms. The van der Waals surface area contributed by atoms with Crippen LogP contribution in [0.3, 0.4) is 0 Å². The number of hydrogen-bond donors (Lipinski definition) is 2. The number of halogens is 3. The van der Waals surface area contributed by atoms with Crippen molar-refractivity contribution in [1.29, 1.82) is 0 Å². The van der Waals surface area contributed by atoms with Crippen molar-refractivity contribution in [2.75, 3.05) is 20.3 Å². The van der Waals surface area contributed by atoms with E-state index in [1.54, 1.807) is 6.07 Å². The third-order valence-electron chi connectivity index (χ3n) is 3.94. The van der Waals surface area contributed by atoms with Gasteiger partial charge in [-0.3, -0.25) is 4.79 Å². The predicted octanol–water partition coefficient (Wildman–Crippen LogP) is 1.83. The molecule has 122 valence electrons. The lowest BCUT2D eigenvalue weighted by atomic mass is 9.94. The monoisotopic (exact) mass is 316 g/mol. The highest BCUT2D eigenvalue weighted by molar-refractivity contribution is 5.81. The molecule has 0 aromatic heterocycles. The molecule has 1 aromatic carbocycles. The molecular formula is C15H19F3N2O2. The quantitative estimate of drug-likeness (QED) is 0.841. The second kappa shape index (κ2) is 6.26. The summed E-state index contributed by atoms with van der Waals surface area (Å²) < 4.78 is 43.1. The van der Waals surface area contributed by atoms with Crippen molar-refractivity contribution in [3.63, 3.8) is 0 Å². The van der Waals surface area contributed by atoms with Crippen molar-refractivity contribution in [2.45, 2.75) is 30.5 Å². The van der Waals surface area contributed by atoms with E-state index in [-0.39, 0.29) is 19.1 Å². The Kier molecular flexibility index (Phi) is 4.77. The van der Waals surface area contributed by atoms with E-state index in [4.69, 9.17) is 10.5 Å². The summed E-state index contributed by atoms with van der Waals surface area (Å²) in [5, 5.41) is 2.70. The first-order valence-corrected chi connectivity index (χ1v) is 6.98. The largest absolute Gasteiger partial charge is 0.416 e. The molecule has 1 aliphatic rings. The fourth-order valence-electron chi connectivity index (χ4n) is 2.39. The zero-order valence-corrected chi connectivity index (χ0v) is 12.2. The number of hydrogen-bond acceptors (Lipinski definition) is 3. The number of alkyl halides is 3. The molecule has 1 aromatic rings. The minimum atomic E-state index is -4.36. The number of carbonyl (C=O) groups excluding carboxylic acids is 1. The van der Waals surface area contributed by atoms with E-state index in [0.29, 0.717) is 5.56 Å². The van der Waals surface area contributed by atoms with Gasteiger partial charge in [-0.15, -0.1) is 0 Å². The van der Waals surface area contributed by atoms with Gasteiger partial charge in [0.25, 0.3) is 0 Å². The van der Waals surface area contributed by atoms with Gasteiger partial charge < -0.3 is 15.8 Å². The van der Waals surface area contributed by atoms with E-state index >= 15 is 0 Å². The van der Waals surface area contributed by atoms with Crippen molar-refractivity contribution in [3.05, 3.63) is 35.4 Å². The molecule has 1 saturated carbocycles. The van der Waals surface area contributed by atoms with Gasteiger partial charge in [0.1, 0.15) is 6.04 Å². The standard InChI is InChI=1S/C15H19F3N2O2/c1-22-8-12(19)13(21)20-9-14(5-6-14)10-3-2-4-11(7-10)15(16,17)18/h2-4,7,12H,5-6,8-9,19H2,1H3,(H,20,21). The molecule has 7 heteroatoms. The minimum Gasteiger partial charge on any atom is -0.383 e. The molecule has 1 unspecified atom stereocenters. The van der Waals surface area contributed by atoms with Gasteiger partial charge >= 0.3 is 6.18 Å². The van der Waals surface area contributed by atoms with Crippen LogP contribution in [0.1, 0.15) is 24.0 Å². The Bertz CT molecular complexity index is 542. The van der Waals surface area contributed by atoms with Crippen molar-refractivity contribution in [3.8, 4) is 0 Å². The van der Waals surface area contributed by atoms with Gasteiger partial charge in [-0.05, 0) is 24.5 Å². The Labute approximate surface area is 126 Å². The first-order chi connectivity index (χ1) is 10.3. The third kappa shape index (κ3) is 3.78. The maximum atomic E-state index is 12.8. The van der Waals surface area contributed by atoms with Crippen molar-refractivity contribution in [2.24, 2.45) is 5.73 Å². The number of benzene rings is 1. The molecule has 0 radical (unpaired) electrons. The lowest BCUT2D eigenvalue weighted by Gasteiger charge is -2.19. The van der Waals surface area contributed by atoms with Crippen LogP contribution in [0.15, 0.2) is 24.3 Å². The van der Waals surface area contributed by atoms with Crippen LogP contribution < -0.4 is 11.1 Å². The van der Waals surface area contributed by atoms with Crippen molar-refractivity contribution in [1.82, 2.24) is 5.32 Å². The summed E-state index contributed by atoms with van der Waals surface area (Å²) in [6, 6.07) is 4.50. The number of methoxy groups -OCH3 is 1. The summed E-state index contributed by atoms with van der Waals surface area (Å²) in [4.78, 5) is 11.8. The minimum absolute atomic E-state index is 0.0996. The molecule has 0 spiro atoms. The topological polar surface area (TPSA) is 64.3 Å². The summed E-state index contributed by atoms with van der Waals surface area (Å²) in [5.41, 5.74) is 5.13. The molecule has 2 rings (SSSR count). The van der Waals surface area contributed by atoms with Crippen LogP contribution in [0.2, 0.25) is 0 Å². The van der Waals surface area contributed by atoms with Gasteiger partial charge in [-0.2, -0.15) is 13.2 Å². The molecule has 1 fully saturated rings. The van der Waals surface area contributed by atoms with E-state index < -0.39 is 23.2 Å². The van der Waals surface area contributed by atoms with Gasteiger partial charge in [-0.1, -0.05) is 18.2 Å². The molecular weight excluding hydrogens is 297 g/mol. The van der Waals surface area contributed by atoms with Crippen LogP contribution in [0.25, 0.3) is 0 Å². The summed E-state index contributed by atoms with van der Waals surface area (Å²) >= 11 is 0. The SMILES string of the molecule is COCC(N)C(=O)NCC1(c2cccc(C(F)(F)F)c2)CC1. The highest BCUT2D eigenvalue weighted by atomic mass is 19.4. The van der Waals surface area contributed by atoms with Gasteiger partial charge in [-0.25, -0.2) is 0 Å². The van der Waals surface area contributed by atoms with Crippen LogP contribution >= 0.6 is 0 Å². The Balaban J connectivity index is 2.04. The van der Waals surface area contributed by atoms with Crippen molar-refractivity contribution >= 4 is 5.91 Å². The Hall–Kier alpha value is -1.60. The average Bonchev–Trinajstić information content (AvgIpc) is 3.25. The van der Waals surface area contributed by atoms with E-state index in [1.807, 2.05) is 0 Å². The van der Waals surface area contributed by atoms with Crippen LogP contribution in [0.5, 0.6) is 0 Å². The first-order valence-electron chi connectivity index (χ1n) is 6.98. The van der Waals surface area contributed by atoms with E-state index in [1.165, 1.54) is 13.2 Å². The zero-order valence-electron chi connectivity index (χ0n) is 12.2. The van der Waals surface area contributed by atoms with Gasteiger partial charge in [0.2, 0.25) is 5.91 Å². The molecule has 1 aliphatic carbocycles. The summed E-state index contributed by atoms with van der Waals surface area (Å²) in [6.45, 7) is 0.382. The fraction of sp³-hybridized carbons (Fsp3) is 0.533. The molecule has 22 heavy (non-hydrogen) atoms. The summed E-state index contributed by atoms with van der Waals surface area (Å²) in [7, 11) is 1.44. The number of nitrogens with one attached hydrogen (secondary N) is 1. The van der Waals surface area contributed by atoms with Crippen LogP contribution in [-0.2, 0) is 21.1 Å². The number of nitrogens with two attached hydrogens (primary N) is 1. The first kappa shape index (κ1) is 16.8. The number of carbonyl (C=O) groups is 1. The van der Waals surface area contributed by atoms with Gasteiger partial charge in [0.15, 0.2) is 0 Å². The third-order valence-corrected chi connectivity index (χ3v) is 3.94. The second-order valence-electron chi connectivity index (χ2n) is 5.64. The van der Waals surface area contributed by atoms with E-state index in [9.17, 15) is 18.0 Å². The van der Waals surface area contributed by atoms with Crippen LogP contribution in [0, 0.1) is 0 Å². The molecule has 3 N–H and O–H groups in total. The highest BCUT2D eigenvalue weighted by Gasteiger charge is 2.45. The predicted molar refractivity (Wildman–Crippen MR) is 75.2 cm³/mol. The van der Waals surface area contributed by atoms with E-state index in [0.717, 1.165) is 25.0 Å². The molecule has 0 heterocycles. The summed E-state index contributed by atoms with van der Waals surface area (Å²) in [5.74, 6) is -0.361.